The Morgan fingerprint density at radius 2 is 2.12 bits per heavy atom. The Bertz CT molecular complexity index is 1580. The minimum absolute atomic E-state index is 0.0720. The highest BCUT2D eigenvalue weighted by Crippen LogP contribution is 2.37. The second-order valence-electron chi connectivity index (χ2n) is 8.26. The van der Waals surface area contributed by atoms with Gasteiger partial charge in [-0.2, -0.15) is 5.10 Å². The van der Waals surface area contributed by atoms with Crippen LogP contribution in [0.25, 0.3) is 32.9 Å². The van der Waals surface area contributed by atoms with E-state index < -0.39 is 0 Å². The lowest BCUT2D eigenvalue weighted by Crippen LogP contribution is -2.23. The third kappa shape index (κ3) is 3.23. The molecule has 1 aliphatic heterocycles. The summed E-state index contributed by atoms with van der Waals surface area (Å²) in [6.07, 6.45) is 5.56. The molecule has 0 saturated carbocycles. The zero-order chi connectivity index (χ0) is 23.2. The number of nitrogens with one attached hydrogen (secondary N) is 1. The van der Waals surface area contributed by atoms with Gasteiger partial charge in [-0.05, 0) is 48.7 Å². The number of benzene rings is 2. The number of ether oxygens (including phenoxy) is 1. The second-order valence-corrected chi connectivity index (χ2v) is 8.26. The standard InChI is InChI=1S/C25H20FN7O/c1-27-20-12-18-19(13-22(20)34-2)30-24(29-18)17-14-28-33-10-8-23(31-25(17)33)32-9-4-7-21(32)15-5-3-6-16(26)11-15/h3,5-6,8,10-14,21H,4,7,9H2,2H3,(H,29,30)/t21-/m1/s1. The molecule has 168 valence electrons. The molecular formula is C25H20FN7O. The fourth-order valence-electron chi connectivity index (χ4n) is 4.69. The Morgan fingerprint density at radius 1 is 1.21 bits per heavy atom. The van der Waals surface area contributed by atoms with E-state index in [9.17, 15) is 4.39 Å². The number of hydrogen-bond donors (Lipinski definition) is 1. The summed E-state index contributed by atoms with van der Waals surface area (Å²) in [6.45, 7) is 8.22. The zero-order valence-electron chi connectivity index (χ0n) is 18.4. The van der Waals surface area contributed by atoms with Crippen molar-refractivity contribution >= 4 is 28.2 Å². The van der Waals surface area contributed by atoms with Crippen LogP contribution < -0.4 is 9.64 Å². The Hall–Kier alpha value is -4.45. The maximum absolute atomic E-state index is 13.9. The summed E-state index contributed by atoms with van der Waals surface area (Å²) < 4.78 is 20.9. The van der Waals surface area contributed by atoms with Gasteiger partial charge in [0.15, 0.2) is 5.65 Å². The van der Waals surface area contributed by atoms with E-state index in [4.69, 9.17) is 21.3 Å². The third-order valence-electron chi connectivity index (χ3n) is 6.29. The number of aromatic nitrogens is 5. The molecular weight excluding hydrogens is 433 g/mol. The number of anilines is 1. The van der Waals surface area contributed by atoms with Gasteiger partial charge in [0.2, 0.25) is 5.69 Å². The number of fused-ring (bicyclic) bond motifs is 2. The van der Waals surface area contributed by atoms with Gasteiger partial charge in [0.1, 0.15) is 23.2 Å². The topological polar surface area (TPSA) is 75.7 Å². The molecule has 0 bridgehead atoms. The molecule has 0 unspecified atom stereocenters. The van der Waals surface area contributed by atoms with E-state index in [-0.39, 0.29) is 11.9 Å². The van der Waals surface area contributed by atoms with E-state index in [1.807, 2.05) is 18.3 Å². The second kappa shape index (κ2) is 7.85. The first-order valence-corrected chi connectivity index (χ1v) is 11.0. The lowest BCUT2D eigenvalue weighted by Gasteiger charge is -2.26. The number of rotatable bonds is 4. The summed E-state index contributed by atoms with van der Waals surface area (Å²) in [5.74, 6) is 1.68. The van der Waals surface area contributed by atoms with Crippen molar-refractivity contribution in [2.24, 2.45) is 0 Å². The third-order valence-corrected chi connectivity index (χ3v) is 6.29. The fourth-order valence-corrected chi connectivity index (χ4v) is 4.69. The van der Waals surface area contributed by atoms with Gasteiger partial charge < -0.3 is 14.6 Å². The minimum atomic E-state index is -0.228. The average molecular weight is 453 g/mol. The van der Waals surface area contributed by atoms with Crippen molar-refractivity contribution in [2.75, 3.05) is 18.6 Å². The summed E-state index contributed by atoms with van der Waals surface area (Å²) in [4.78, 5) is 18.7. The molecule has 1 aliphatic rings. The molecule has 1 saturated heterocycles. The average Bonchev–Trinajstić information content (AvgIpc) is 3.60. The van der Waals surface area contributed by atoms with E-state index in [1.165, 1.54) is 13.2 Å². The van der Waals surface area contributed by atoms with Crippen molar-refractivity contribution in [1.29, 1.82) is 0 Å². The molecule has 0 amide bonds. The number of nitrogens with zero attached hydrogens (tertiary/aromatic N) is 6. The van der Waals surface area contributed by atoms with Crippen molar-refractivity contribution in [1.82, 2.24) is 24.6 Å². The molecule has 5 aromatic rings. The highest BCUT2D eigenvalue weighted by Gasteiger charge is 2.28. The van der Waals surface area contributed by atoms with Crippen molar-refractivity contribution in [2.45, 2.75) is 18.9 Å². The number of imidazole rings is 1. The van der Waals surface area contributed by atoms with Crippen LogP contribution in [-0.2, 0) is 0 Å². The summed E-state index contributed by atoms with van der Waals surface area (Å²) >= 11 is 0. The van der Waals surface area contributed by atoms with Gasteiger partial charge >= 0.3 is 0 Å². The van der Waals surface area contributed by atoms with E-state index in [1.54, 1.807) is 35.0 Å². The van der Waals surface area contributed by atoms with Crippen LogP contribution >= 0.6 is 0 Å². The fraction of sp³-hybridized carbons (Fsp3) is 0.200. The molecule has 34 heavy (non-hydrogen) atoms. The van der Waals surface area contributed by atoms with E-state index in [2.05, 4.69) is 19.8 Å². The highest BCUT2D eigenvalue weighted by atomic mass is 19.1. The molecule has 0 aliphatic carbocycles. The number of methoxy groups -OCH3 is 1. The van der Waals surface area contributed by atoms with Gasteiger partial charge in [-0.25, -0.2) is 23.7 Å². The van der Waals surface area contributed by atoms with Gasteiger partial charge in [0, 0.05) is 12.7 Å². The Balaban J connectivity index is 1.42. The number of hydrogen-bond acceptors (Lipinski definition) is 5. The molecule has 0 radical (unpaired) electrons. The maximum Gasteiger partial charge on any atom is 0.230 e. The first-order chi connectivity index (χ1) is 16.6. The molecule has 1 atom stereocenters. The zero-order valence-corrected chi connectivity index (χ0v) is 18.4. The first-order valence-electron chi connectivity index (χ1n) is 11.0. The van der Waals surface area contributed by atoms with Crippen molar-refractivity contribution in [3.63, 3.8) is 0 Å². The summed E-state index contributed by atoms with van der Waals surface area (Å²) in [5, 5.41) is 4.44. The Morgan fingerprint density at radius 3 is 2.94 bits per heavy atom. The van der Waals surface area contributed by atoms with Crippen molar-refractivity contribution in [3.05, 3.63) is 77.7 Å². The van der Waals surface area contributed by atoms with Gasteiger partial charge in [-0.3, -0.25) is 0 Å². The summed E-state index contributed by atoms with van der Waals surface area (Å²) in [5.41, 5.74) is 4.22. The van der Waals surface area contributed by atoms with E-state index in [0.29, 0.717) is 28.4 Å². The van der Waals surface area contributed by atoms with Gasteiger partial charge in [-0.1, -0.05) is 12.1 Å². The molecule has 6 rings (SSSR count). The first kappa shape index (κ1) is 20.2. The largest absolute Gasteiger partial charge is 0.508 e. The van der Waals surface area contributed by atoms with Gasteiger partial charge in [-0.15, -0.1) is 0 Å². The van der Waals surface area contributed by atoms with Crippen LogP contribution in [0.4, 0.5) is 15.9 Å². The minimum Gasteiger partial charge on any atom is -0.508 e. The smallest absolute Gasteiger partial charge is 0.230 e. The predicted octanol–water partition coefficient (Wildman–Crippen LogP) is 5.31. The number of halogens is 1. The van der Waals surface area contributed by atoms with E-state index >= 15 is 0 Å². The molecule has 4 heterocycles. The predicted molar refractivity (Wildman–Crippen MR) is 127 cm³/mol. The van der Waals surface area contributed by atoms with Crippen molar-refractivity contribution in [3.8, 4) is 17.1 Å². The van der Waals surface area contributed by atoms with Crippen molar-refractivity contribution < 1.29 is 9.13 Å². The van der Waals surface area contributed by atoms with E-state index in [0.717, 1.165) is 41.8 Å². The molecule has 3 aromatic heterocycles. The molecule has 2 aromatic carbocycles. The summed E-state index contributed by atoms with van der Waals surface area (Å²) in [7, 11) is 1.54. The molecule has 1 fully saturated rings. The van der Waals surface area contributed by atoms with Crippen LogP contribution in [0.5, 0.6) is 5.75 Å². The molecule has 0 spiro atoms. The van der Waals surface area contributed by atoms with Crippen LogP contribution in [-0.4, -0.2) is 38.2 Å². The lowest BCUT2D eigenvalue weighted by molar-refractivity contribution is 0.418. The number of aromatic amines is 1. The van der Waals surface area contributed by atoms with Crippen LogP contribution in [0, 0.1) is 12.4 Å². The van der Waals surface area contributed by atoms with Crippen LogP contribution in [0.2, 0.25) is 0 Å². The lowest BCUT2D eigenvalue weighted by atomic mass is 10.0. The quantitative estimate of drug-likeness (QED) is 0.373. The summed E-state index contributed by atoms with van der Waals surface area (Å²) in [6, 6.07) is 12.3. The van der Waals surface area contributed by atoms with Gasteiger partial charge in [0.25, 0.3) is 0 Å². The maximum atomic E-state index is 13.9. The van der Waals surface area contributed by atoms with Crippen LogP contribution in [0.3, 0.4) is 0 Å². The van der Waals surface area contributed by atoms with Crippen LogP contribution in [0.15, 0.2) is 54.9 Å². The molecule has 1 N–H and O–H groups in total. The monoisotopic (exact) mass is 453 g/mol. The Kier molecular flexibility index (Phi) is 4.66. The normalized spacial score (nSPS) is 15.8. The molecule has 8 nitrogen and oxygen atoms in total. The Labute approximate surface area is 194 Å². The highest BCUT2D eigenvalue weighted by molar-refractivity contribution is 5.87. The van der Waals surface area contributed by atoms with Gasteiger partial charge in [0.05, 0.1) is 42.5 Å². The molecule has 9 heteroatoms. The SMILES string of the molecule is [C-]#[N+]c1cc2[nH]c(-c3cnn4ccc(N5CCC[C@@H]5c5cccc(F)c5)nc34)nc2cc1OC. The van der Waals surface area contributed by atoms with Crippen LogP contribution in [0.1, 0.15) is 24.4 Å². The number of H-pyrrole nitrogens is 1.